The maximum absolute atomic E-state index is 12.1. The molecule has 0 aliphatic heterocycles. The van der Waals surface area contributed by atoms with Gasteiger partial charge >= 0.3 is 5.97 Å². The van der Waals surface area contributed by atoms with E-state index in [1.54, 1.807) is 7.11 Å². The summed E-state index contributed by atoms with van der Waals surface area (Å²) in [6, 6.07) is 5.59. The van der Waals surface area contributed by atoms with Crippen molar-refractivity contribution in [3.63, 3.8) is 0 Å². The van der Waals surface area contributed by atoms with Gasteiger partial charge in [-0.05, 0) is 43.4 Å². The lowest BCUT2D eigenvalue weighted by molar-refractivity contribution is -0.139. The first-order valence-electron chi connectivity index (χ1n) is 6.67. The molecule has 0 unspecified atom stereocenters. The summed E-state index contributed by atoms with van der Waals surface area (Å²) in [6.07, 6.45) is 1.85. The number of methoxy groups -OCH3 is 1. The Labute approximate surface area is 114 Å². The topological polar surface area (TPSA) is 35.5 Å². The Hall–Kier alpha value is -1.51. The van der Waals surface area contributed by atoms with E-state index in [-0.39, 0.29) is 16.8 Å². The van der Waals surface area contributed by atoms with Crippen LogP contribution in [0.1, 0.15) is 46.1 Å². The lowest BCUT2D eigenvalue weighted by atomic mass is 9.86. The molecule has 1 aromatic carbocycles. The summed E-state index contributed by atoms with van der Waals surface area (Å²) >= 11 is 0. The molecule has 0 aromatic heterocycles. The van der Waals surface area contributed by atoms with E-state index in [1.807, 2.05) is 25.1 Å². The standard InChI is InChI=1S/C16H22O3/c1-15(2,3)12-10-11(18-5)6-7-13(12)19-14(17)16(4)8-9-16/h6-7,10H,8-9H2,1-5H3. The molecule has 0 bridgehead atoms. The molecule has 0 heterocycles. The number of rotatable bonds is 3. The lowest BCUT2D eigenvalue weighted by Gasteiger charge is -2.23. The normalized spacial score (nSPS) is 16.9. The van der Waals surface area contributed by atoms with E-state index < -0.39 is 0 Å². The van der Waals surface area contributed by atoms with Crippen molar-refractivity contribution in [2.24, 2.45) is 5.41 Å². The van der Waals surface area contributed by atoms with Crippen LogP contribution >= 0.6 is 0 Å². The van der Waals surface area contributed by atoms with E-state index in [1.165, 1.54) is 0 Å². The van der Waals surface area contributed by atoms with E-state index in [9.17, 15) is 4.79 Å². The van der Waals surface area contributed by atoms with Crippen molar-refractivity contribution in [2.45, 2.75) is 46.0 Å². The van der Waals surface area contributed by atoms with Gasteiger partial charge in [0.1, 0.15) is 11.5 Å². The van der Waals surface area contributed by atoms with Gasteiger partial charge in [0.2, 0.25) is 0 Å². The van der Waals surface area contributed by atoms with E-state index in [2.05, 4.69) is 20.8 Å². The van der Waals surface area contributed by atoms with Crippen LogP contribution < -0.4 is 9.47 Å². The fourth-order valence-corrected chi connectivity index (χ4v) is 1.93. The van der Waals surface area contributed by atoms with Crippen LogP contribution in [-0.4, -0.2) is 13.1 Å². The number of hydrogen-bond donors (Lipinski definition) is 0. The minimum absolute atomic E-state index is 0.103. The van der Waals surface area contributed by atoms with Crippen LogP contribution in [0.3, 0.4) is 0 Å². The van der Waals surface area contributed by atoms with Crippen LogP contribution in [0.15, 0.2) is 18.2 Å². The minimum Gasteiger partial charge on any atom is -0.497 e. The van der Waals surface area contributed by atoms with Gasteiger partial charge in [-0.2, -0.15) is 0 Å². The van der Waals surface area contributed by atoms with Crippen molar-refractivity contribution in [1.82, 2.24) is 0 Å². The summed E-state index contributed by atoms with van der Waals surface area (Å²) in [4.78, 5) is 12.1. The molecule has 3 heteroatoms. The van der Waals surface area contributed by atoms with Crippen LogP contribution in [-0.2, 0) is 10.2 Å². The SMILES string of the molecule is COc1ccc(OC(=O)C2(C)CC2)c(C(C)(C)C)c1. The molecule has 0 radical (unpaired) electrons. The molecule has 1 fully saturated rings. The lowest BCUT2D eigenvalue weighted by Crippen LogP contribution is -2.21. The summed E-state index contributed by atoms with van der Waals surface area (Å²) in [5.41, 5.74) is 0.619. The number of esters is 1. The second kappa shape index (κ2) is 4.55. The molecule has 0 amide bonds. The average molecular weight is 262 g/mol. The molecule has 1 saturated carbocycles. The largest absolute Gasteiger partial charge is 0.497 e. The van der Waals surface area contributed by atoms with E-state index in [4.69, 9.17) is 9.47 Å². The van der Waals surface area contributed by atoms with Crippen LogP contribution in [0.5, 0.6) is 11.5 Å². The highest BCUT2D eigenvalue weighted by Crippen LogP contribution is 2.46. The molecule has 1 aromatic rings. The number of ether oxygens (including phenoxy) is 2. The second-order valence-corrected chi connectivity index (χ2v) is 6.56. The molecule has 1 aliphatic carbocycles. The highest BCUT2D eigenvalue weighted by molar-refractivity contribution is 5.81. The van der Waals surface area contributed by atoms with Gasteiger partial charge in [0, 0.05) is 5.56 Å². The fourth-order valence-electron chi connectivity index (χ4n) is 1.93. The molecule has 0 N–H and O–H groups in total. The monoisotopic (exact) mass is 262 g/mol. The quantitative estimate of drug-likeness (QED) is 0.615. The van der Waals surface area contributed by atoms with Gasteiger partial charge in [0.25, 0.3) is 0 Å². The van der Waals surface area contributed by atoms with Crippen molar-refractivity contribution in [3.05, 3.63) is 23.8 Å². The highest BCUT2D eigenvalue weighted by Gasteiger charge is 2.47. The molecule has 3 nitrogen and oxygen atoms in total. The van der Waals surface area contributed by atoms with Crippen LogP contribution in [0, 0.1) is 5.41 Å². The summed E-state index contributed by atoms with van der Waals surface area (Å²) in [7, 11) is 1.64. The van der Waals surface area contributed by atoms with Crippen molar-refractivity contribution in [3.8, 4) is 11.5 Å². The molecule has 19 heavy (non-hydrogen) atoms. The van der Waals surface area contributed by atoms with Crippen molar-refractivity contribution < 1.29 is 14.3 Å². The Morgan fingerprint density at radius 2 is 1.89 bits per heavy atom. The first-order valence-corrected chi connectivity index (χ1v) is 6.67. The molecular weight excluding hydrogens is 240 g/mol. The zero-order chi connectivity index (χ0) is 14.3. The van der Waals surface area contributed by atoms with Gasteiger partial charge in [-0.25, -0.2) is 0 Å². The number of carbonyl (C=O) groups excluding carboxylic acids is 1. The second-order valence-electron chi connectivity index (χ2n) is 6.56. The van der Waals surface area contributed by atoms with Gasteiger partial charge in [0.15, 0.2) is 0 Å². The highest BCUT2D eigenvalue weighted by atomic mass is 16.5. The molecule has 104 valence electrons. The molecule has 1 aliphatic rings. The molecule has 0 atom stereocenters. The number of carbonyl (C=O) groups is 1. The third-order valence-electron chi connectivity index (χ3n) is 3.69. The Bertz CT molecular complexity index is 493. The first-order chi connectivity index (χ1) is 8.76. The predicted molar refractivity (Wildman–Crippen MR) is 74.7 cm³/mol. The number of hydrogen-bond acceptors (Lipinski definition) is 3. The summed E-state index contributed by atoms with van der Waals surface area (Å²) < 4.78 is 10.9. The summed E-state index contributed by atoms with van der Waals surface area (Å²) in [5.74, 6) is 1.30. The zero-order valence-electron chi connectivity index (χ0n) is 12.4. The van der Waals surface area contributed by atoms with Crippen molar-refractivity contribution >= 4 is 5.97 Å². The predicted octanol–water partition coefficient (Wildman–Crippen LogP) is 3.70. The summed E-state index contributed by atoms with van der Waals surface area (Å²) in [5, 5.41) is 0. The van der Waals surface area contributed by atoms with Crippen molar-refractivity contribution in [2.75, 3.05) is 7.11 Å². The molecule has 0 spiro atoms. The van der Waals surface area contributed by atoms with Gasteiger partial charge < -0.3 is 9.47 Å². The first kappa shape index (κ1) is 13.9. The maximum atomic E-state index is 12.1. The number of benzene rings is 1. The van der Waals surface area contributed by atoms with E-state index in [0.29, 0.717) is 5.75 Å². The van der Waals surface area contributed by atoms with Gasteiger partial charge in [-0.15, -0.1) is 0 Å². The third kappa shape index (κ3) is 2.91. The smallest absolute Gasteiger partial charge is 0.317 e. The third-order valence-corrected chi connectivity index (χ3v) is 3.69. The Kier molecular flexibility index (Phi) is 3.33. The summed E-state index contributed by atoms with van der Waals surface area (Å²) in [6.45, 7) is 8.24. The van der Waals surface area contributed by atoms with Crippen molar-refractivity contribution in [1.29, 1.82) is 0 Å². The van der Waals surface area contributed by atoms with Crippen LogP contribution in [0.2, 0.25) is 0 Å². The minimum atomic E-state index is -0.269. The van der Waals surface area contributed by atoms with E-state index >= 15 is 0 Å². The molecular formula is C16H22O3. The molecule has 0 saturated heterocycles. The average Bonchev–Trinajstić information content (AvgIpc) is 3.08. The fraction of sp³-hybridized carbons (Fsp3) is 0.562. The van der Waals surface area contributed by atoms with Gasteiger partial charge in [0.05, 0.1) is 12.5 Å². The Morgan fingerprint density at radius 1 is 1.26 bits per heavy atom. The zero-order valence-corrected chi connectivity index (χ0v) is 12.4. The van der Waals surface area contributed by atoms with Gasteiger partial charge in [-0.3, -0.25) is 4.79 Å². The van der Waals surface area contributed by atoms with Crippen LogP contribution in [0.4, 0.5) is 0 Å². The Balaban J connectivity index is 2.31. The Morgan fingerprint density at radius 3 is 2.37 bits per heavy atom. The van der Waals surface area contributed by atoms with Crippen LogP contribution in [0.25, 0.3) is 0 Å². The molecule has 2 rings (SSSR count). The van der Waals surface area contributed by atoms with E-state index in [0.717, 1.165) is 24.2 Å². The maximum Gasteiger partial charge on any atom is 0.317 e. The van der Waals surface area contributed by atoms with Gasteiger partial charge in [-0.1, -0.05) is 20.8 Å².